The molecule has 2 aromatic carbocycles. The molecular weight excluding hydrogens is 304 g/mol. The summed E-state index contributed by atoms with van der Waals surface area (Å²) in [5.41, 5.74) is 8.79. The fourth-order valence-corrected chi connectivity index (χ4v) is 5.41. The highest BCUT2D eigenvalue weighted by Gasteiger charge is 2.52. The predicted molar refractivity (Wildman–Crippen MR) is 106 cm³/mol. The number of allylic oxidation sites excluding steroid dienone is 1. The van der Waals surface area contributed by atoms with Crippen molar-refractivity contribution < 1.29 is 0 Å². The Labute approximate surface area is 149 Å². The number of fused-ring (bicyclic) bond motifs is 4. The van der Waals surface area contributed by atoms with Crippen LogP contribution in [0.2, 0.25) is 0 Å². The van der Waals surface area contributed by atoms with Gasteiger partial charge in [-0.15, -0.1) is 0 Å². The maximum Gasteiger partial charge on any atom is 0.0642 e. The van der Waals surface area contributed by atoms with Crippen molar-refractivity contribution in [2.24, 2.45) is 7.05 Å². The Morgan fingerprint density at radius 3 is 2.68 bits per heavy atom. The summed E-state index contributed by atoms with van der Waals surface area (Å²) in [5.74, 6) is 0. The first kappa shape index (κ1) is 14.8. The minimum atomic E-state index is 0.177. The molecule has 2 heterocycles. The Morgan fingerprint density at radius 1 is 1.04 bits per heavy atom. The van der Waals surface area contributed by atoms with E-state index in [1.807, 2.05) is 0 Å². The molecule has 0 radical (unpaired) electrons. The van der Waals surface area contributed by atoms with Crippen molar-refractivity contribution in [3.05, 3.63) is 71.4 Å². The molecule has 0 amide bonds. The summed E-state index contributed by atoms with van der Waals surface area (Å²) in [6, 6.07) is 18.5. The van der Waals surface area contributed by atoms with Gasteiger partial charge in [0.25, 0.3) is 0 Å². The standard InChI is InChI=1S/C23H24N2/c1-15-14-23(2)18-7-5-6-8-20(18)25(4)22(23)21(15)17-9-10-19-16(13-17)11-12-24(19)3/h5-13,22H,14H2,1-4H3/t22-,23-/m0/s1. The van der Waals surface area contributed by atoms with E-state index in [-0.39, 0.29) is 5.41 Å². The zero-order chi connectivity index (χ0) is 17.3. The second kappa shape index (κ2) is 4.78. The number of nitrogens with zero attached hydrogens (tertiary/aromatic N) is 2. The summed E-state index contributed by atoms with van der Waals surface area (Å²) in [4.78, 5) is 2.50. The van der Waals surface area contributed by atoms with Crippen LogP contribution in [0.25, 0.3) is 16.5 Å². The van der Waals surface area contributed by atoms with Crippen molar-refractivity contribution in [1.29, 1.82) is 0 Å². The summed E-state index contributed by atoms with van der Waals surface area (Å²) in [5, 5.41) is 1.33. The van der Waals surface area contributed by atoms with Crippen LogP contribution in [0.5, 0.6) is 0 Å². The lowest BCUT2D eigenvalue weighted by molar-refractivity contribution is 0.474. The number of para-hydroxylation sites is 1. The Hall–Kier alpha value is -2.48. The first-order chi connectivity index (χ1) is 12.0. The largest absolute Gasteiger partial charge is 0.366 e. The summed E-state index contributed by atoms with van der Waals surface area (Å²) in [6.07, 6.45) is 3.28. The molecule has 1 aromatic heterocycles. The normalized spacial score (nSPS) is 25.0. The molecule has 3 aromatic rings. The Kier molecular flexibility index (Phi) is 2.84. The van der Waals surface area contributed by atoms with Gasteiger partial charge in [-0.25, -0.2) is 0 Å². The summed E-state index contributed by atoms with van der Waals surface area (Å²) in [6.45, 7) is 4.77. The Bertz CT molecular complexity index is 1040. The van der Waals surface area contributed by atoms with E-state index in [0.717, 1.165) is 6.42 Å². The first-order valence-corrected chi connectivity index (χ1v) is 9.08. The molecule has 0 fully saturated rings. The van der Waals surface area contributed by atoms with Crippen LogP contribution >= 0.6 is 0 Å². The van der Waals surface area contributed by atoms with Gasteiger partial charge < -0.3 is 9.47 Å². The minimum absolute atomic E-state index is 0.177. The maximum atomic E-state index is 2.50. The number of hydrogen-bond acceptors (Lipinski definition) is 1. The summed E-state index contributed by atoms with van der Waals surface area (Å²) < 4.78 is 2.19. The lowest BCUT2D eigenvalue weighted by Gasteiger charge is -2.31. The van der Waals surface area contributed by atoms with Gasteiger partial charge in [-0.2, -0.15) is 0 Å². The molecule has 1 aliphatic carbocycles. The molecular formula is C23H24N2. The van der Waals surface area contributed by atoms with E-state index >= 15 is 0 Å². The van der Waals surface area contributed by atoms with E-state index in [1.54, 1.807) is 0 Å². The van der Waals surface area contributed by atoms with Gasteiger partial charge in [-0.1, -0.05) is 36.8 Å². The number of likely N-dealkylation sites (N-methyl/N-ethyl adjacent to an activating group) is 1. The lowest BCUT2D eigenvalue weighted by Crippen LogP contribution is -2.38. The second-order valence-electron chi connectivity index (χ2n) is 8.02. The summed E-state index contributed by atoms with van der Waals surface area (Å²) in [7, 11) is 4.37. The SMILES string of the molecule is CC1=C(c2ccc3c(ccn3C)c2)[C@@H]2N(C)c3ccccc3[C@]2(C)C1. The maximum absolute atomic E-state index is 2.50. The molecule has 0 unspecified atom stereocenters. The highest BCUT2D eigenvalue weighted by Crippen LogP contribution is 2.57. The van der Waals surface area contributed by atoms with Gasteiger partial charge in [0.1, 0.15) is 0 Å². The van der Waals surface area contributed by atoms with Gasteiger partial charge in [0.05, 0.1) is 6.04 Å². The van der Waals surface area contributed by atoms with Gasteiger partial charge >= 0.3 is 0 Å². The van der Waals surface area contributed by atoms with Gasteiger partial charge in [0, 0.05) is 42.3 Å². The highest BCUT2D eigenvalue weighted by atomic mass is 15.2. The quantitative estimate of drug-likeness (QED) is 0.601. The molecule has 0 spiro atoms. The van der Waals surface area contributed by atoms with Crippen LogP contribution in [0.15, 0.2) is 60.3 Å². The number of rotatable bonds is 1. The third-order valence-electron chi connectivity index (χ3n) is 6.45. The molecule has 0 bridgehead atoms. The van der Waals surface area contributed by atoms with E-state index in [0.29, 0.717) is 6.04 Å². The third kappa shape index (κ3) is 1.80. The lowest BCUT2D eigenvalue weighted by atomic mass is 9.77. The number of anilines is 1. The molecule has 2 nitrogen and oxygen atoms in total. The minimum Gasteiger partial charge on any atom is -0.366 e. The average molecular weight is 328 g/mol. The highest BCUT2D eigenvalue weighted by molar-refractivity contribution is 5.90. The van der Waals surface area contributed by atoms with Crippen LogP contribution in [0.1, 0.15) is 31.4 Å². The molecule has 1 aliphatic heterocycles. The topological polar surface area (TPSA) is 8.17 Å². The Balaban J connectivity index is 1.68. The van der Waals surface area contributed by atoms with E-state index in [9.17, 15) is 0 Å². The molecule has 2 heteroatoms. The van der Waals surface area contributed by atoms with Gasteiger partial charge in [0.2, 0.25) is 0 Å². The van der Waals surface area contributed by atoms with Crippen LogP contribution in [0.4, 0.5) is 5.69 Å². The van der Waals surface area contributed by atoms with Crippen LogP contribution < -0.4 is 4.90 Å². The van der Waals surface area contributed by atoms with Crippen LogP contribution in [0, 0.1) is 0 Å². The predicted octanol–water partition coefficient (Wildman–Crippen LogP) is 5.13. The molecule has 2 aliphatic rings. The molecule has 25 heavy (non-hydrogen) atoms. The fraction of sp³-hybridized carbons (Fsp3) is 0.304. The zero-order valence-corrected chi connectivity index (χ0v) is 15.4. The van der Waals surface area contributed by atoms with Crippen molar-refractivity contribution in [3.63, 3.8) is 0 Å². The van der Waals surface area contributed by atoms with Crippen LogP contribution in [-0.4, -0.2) is 17.7 Å². The molecule has 5 rings (SSSR count). The van der Waals surface area contributed by atoms with E-state index in [4.69, 9.17) is 0 Å². The van der Waals surface area contributed by atoms with E-state index in [2.05, 4.69) is 92.1 Å². The number of aromatic nitrogens is 1. The molecule has 2 atom stereocenters. The van der Waals surface area contributed by atoms with Crippen molar-refractivity contribution in [2.75, 3.05) is 11.9 Å². The van der Waals surface area contributed by atoms with Gasteiger partial charge in [0.15, 0.2) is 0 Å². The fourth-order valence-electron chi connectivity index (χ4n) is 5.41. The monoisotopic (exact) mass is 328 g/mol. The summed E-state index contributed by atoms with van der Waals surface area (Å²) >= 11 is 0. The van der Waals surface area contributed by atoms with E-state index in [1.165, 1.54) is 38.9 Å². The van der Waals surface area contributed by atoms with Crippen LogP contribution in [-0.2, 0) is 12.5 Å². The van der Waals surface area contributed by atoms with Crippen molar-refractivity contribution in [3.8, 4) is 0 Å². The van der Waals surface area contributed by atoms with Gasteiger partial charge in [-0.05, 0) is 54.3 Å². The number of aryl methyl sites for hydroxylation is 1. The third-order valence-corrected chi connectivity index (χ3v) is 6.45. The zero-order valence-electron chi connectivity index (χ0n) is 15.4. The Morgan fingerprint density at radius 2 is 1.84 bits per heavy atom. The number of hydrogen-bond donors (Lipinski definition) is 0. The molecule has 0 saturated heterocycles. The molecule has 0 N–H and O–H groups in total. The van der Waals surface area contributed by atoms with E-state index < -0.39 is 0 Å². The van der Waals surface area contributed by atoms with Crippen molar-refractivity contribution in [2.45, 2.75) is 31.7 Å². The molecule has 0 saturated carbocycles. The van der Waals surface area contributed by atoms with Gasteiger partial charge in [-0.3, -0.25) is 0 Å². The number of benzene rings is 2. The van der Waals surface area contributed by atoms with Crippen molar-refractivity contribution in [1.82, 2.24) is 4.57 Å². The average Bonchev–Trinajstić information content (AvgIpc) is 3.17. The smallest absolute Gasteiger partial charge is 0.0642 e. The first-order valence-electron chi connectivity index (χ1n) is 9.08. The van der Waals surface area contributed by atoms with Crippen molar-refractivity contribution >= 4 is 22.2 Å². The van der Waals surface area contributed by atoms with Crippen LogP contribution in [0.3, 0.4) is 0 Å². The second-order valence-corrected chi connectivity index (χ2v) is 8.02. The molecule has 126 valence electrons.